The van der Waals surface area contributed by atoms with Crippen LogP contribution in [0, 0.1) is 13.8 Å². The number of aryl methyl sites for hydroxylation is 2. The van der Waals surface area contributed by atoms with E-state index in [9.17, 15) is 4.79 Å². The van der Waals surface area contributed by atoms with E-state index in [1.807, 2.05) is 50.2 Å². The second-order valence-corrected chi connectivity index (χ2v) is 5.83. The molecule has 118 valence electrons. The van der Waals surface area contributed by atoms with E-state index in [2.05, 4.69) is 11.9 Å². The summed E-state index contributed by atoms with van der Waals surface area (Å²) >= 11 is 0. The Bertz CT molecular complexity index is 909. The average Bonchev–Trinajstić information content (AvgIpc) is 2.55. The maximum atomic E-state index is 13.1. The zero-order valence-electron chi connectivity index (χ0n) is 13.8. The summed E-state index contributed by atoms with van der Waals surface area (Å²) in [5.74, 6) is 0.737. The summed E-state index contributed by atoms with van der Waals surface area (Å²) in [6.45, 7) is 6.69. The molecule has 3 rings (SSSR count). The number of rotatable bonds is 4. The van der Waals surface area contributed by atoms with Gasteiger partial charge in [-0.1, -0.05) is 37.3 Å². The fraction of sp³-hybridized carbons (Fsp3) is 0.250. The van der Waals surface area contributed by atoms with Gasteiger partial charge in [-0.05, 0) is 43.0 Å². The number of benzene rings is 2. The molecular weight excluding hydrogens is 286 g/mol. The SMILES string of the molecule is CCCOc1ccc(C)c2c(=O)c(-c3ccccc3C)c[nH]c12. The van der Waals surface area contributed by atoms with Gasteiger partial charge in [-0.2, -0.15) is 0 Å². The molecule has 0 saturated heterocycles. The Hall–Kier alpha value is -2.55. The summed E-state index contributed by atoms with van der Waals surface area (Å²) in [5, 5.41) is 0.708. The van der Waals surface area contributed by atoms with Gasteiger partial charge in [0.1, 0.15) is 5.75 Å². The van der Waals surface area contributed by atoms with Crippen LogP contribution in [0.3, 0.4) is 0 Å². The van der Waals surface area contributed by atoms with Crippen LogP contribution in [0.15, 0.2) is 47.4 Å². The summed E-state index contributed by atoms with van der Waals surface area (Å²) in [5.41, 5.74) is 4.54. The Morgan fingerprint density at radius 3 is 2.52 bits per heavy atom. The summed E-state index contributed by atoms with van der Waals surface area (Å²) in [4.78, 5) is 16.3. The number of aromatic amines is 1. The van der Waals surface area contributed by atoms with Crippen molar-refractivity contribution in [3.05, 3.63) is 63.9 Å². The predicted octanol–water partition coefficient (Wildman–Crippen LogP) is 4.60. The number of H-pyrrole nitrogens is 1. The Kier molecular flexibility index (Phi) is 4.20. The van der Waals surface area contributed by atoms with Crippen LogP contribution < -0.4 is 10.2 Å². The molecule has 0 aliphatic carbocycles. The first-order valence-corrected chi connectivity index (χ1v) is 7.97. The lowest BCUT2D eigenvalue weighted by molar-refractivity contribution is 0.320. The van der Waals surface area contributed by atoms with E-state index >= 15 is 0 Å². The fourth-order valence-corrected chi connectivity index (χ4v) is 2.88. The van der Waals surface area contributed by atoms with Crippen LogP contribution in [-0.4, -0.2) is 11.6 Å². The molecule has 1 aromatic heterocycles. The van der Waals surface area contributed by atoms with Crippen molar-refractivity contribution in [3.8, 4) is 16.9 Å². The van der Waals surface area contributed by atoms with Crippen LogP contribution in [0.25, 0.3) is 22.0 Å². The highest BCUT2D eigenvalue weighted by atomic mass is 16.5. The molecule has 23 heavy (non-hydrogen) atoms. The highest BCUT2D eigenvalue weighted by molar-refractivity contribution is 5.90. The predicted molar refractivity (Wildman–Crippen MR) is 95.3 cm³/mol. The molecule has 1 N–H and O–H groups in total. The molecule has 1 heterocycles. The maximum Gasteiger partial charge on any atom is 0.197 e. The van der Waals surface area contributed by atoms with E-state index in [1.165, 1.54) is 0 Å². The minimum Gasteiger partial charge on any atom is -0.491 e. The van der Waals surface area contributed by atoms with E-state index in [4.69, 9.17) is 4.74 Å². The molecule has 0 radical (unpaired) electrons. The number of fused-ring (bicyclic) bond motifs is 1. The molecule has 3 nitrogen and oxygen atoms in total. The van der Waals surface area contributed by atoms with E-state index in [0.29, 0.717) is 17.6 Å². The lowest BCUT2D eigenvalue weighted by Crippen LogP contribution is -2.10. The zero-order valence-corrected chi connectivity index (χ0v) is 13.8. The molecule has 0 aliphatic rings. The molecule has 0 amide bonds. The molecule has 0 spiro atoms. The standard InChI is InChI=1S/C20H21NO2/c1-4-11-23-17-10-9-14(3)18-19(17)21-12-16(20(18)22)15-8-6-5-7-13(15)2/h5-10,12H,4,11H2,1-3H3,(H,21,22). The van der Waals surface area contributed by atoms with Gasteiger partial charge in [-0.25, -0.2) is 0 Å². The third-order valence-electron chi connectivity index (χ3n) is 4.10. The number of ether oxygens (including phenoxy) is 1. The normalized spacial score (nSPS) is 10.9. The molecule has 2 aromatic carbocycles. The number of hydrogen-bond acceptors (Lipinski definition) is 2. The zero-order chi connectivity index (χ0) is 16.4. The summed E-state index contributed by atoms with van der Waals surface area (Å²) in [6.07, 6.45) is 2.73. The van der Waals surface area contributed by atoms with E-state index < -0.39 is 0 Å². The van der Waals surface area contributed by atoms with Crippen LogP contribution in [0.2, 0.25) is 0 Å². The molecule has 0 atom stereocenters. The van der Waals surface area contributed by atoms with Crippen molar-refractivity contribution >= 4 is 10.9 Å². The van der Waals surface area contributed by atoms with Crippen molar-refractivity contribution < 1.29 is 4.74 Å². The smallest absolute Gasteiger partial charge is 0.197 e. The van der Waals surface area contributed by atoms with Crippen LogP contribution in [0.4, 0.5) is 0 Å². The van der Waals surface area contributed by atoms with Crippen molar-refractivity contribution in [2.24, 2.45) is 0 Å². The monoisotopic (exact) mass is 307 g/mol. The summed E-state index contributed by atoms with van der Waals surface area (Å²) in [7, 11) is 0. The van der Waals surface area contributed by atoms with Gasteiger partial charge in [0, 0.05) is 11.8 Å². The lowest BCUT2D eigenvalue weighted by atomic mass is 9.98. The largest absolute Gasteiger partial charge is 0.491 e. The van der Waals surface area contributed by atoms with Crippen molar-refractivity contribution in [3.63, 3.8) is 0 Å². The molecule has 0 aliphatic heterocycles. The summed E-state index contributed by atoms with van der Waals surface area (Å²) < 4.78 is 5.78. The highest BCUT2D eigenvalue weighted by Crippen LogP contribution is 2.27. The van der Waals surface area contributed by atoms with Gasteiger partial charge in [0.25, 0.3) is 0 Å². The van der Waals surface area contributed by atoms with Crippen molar-refractivity contribution in [1.82, 2.24) is 4.98 Å². The number of nitrogens with one attached hydrogen (secondary N) is 1. The Labute approximate surface area is 135 Å². The summed E-state index contributed by atoms with van der Waals surface area (Å²) in [6, 6.07) is 11.8. The van der Waals surface area contributed by atoms with Crippen LogP contribution in [0.5, 0.6) is 5.75 Å². The quantitative estimate of drug-likeness (QED) is 0.765. The molecule has 0 bridgehead atoms. The van der Waals surface area contributed by atoms with Crippen molar-refractivity contribution in [1.29, 1.82) is 0 Å². The molecule has 3 heteroatoms. The highest BCUT2D eigenvalue weighted by Gasteiger charge is 2.13. The number of hydrogen-bond donors (Lipinski definition) is 1. The third-order valence-corrected chi connectivity index (χ3v) is 4.10. The Balaban J connectivity index is 2.26. The van der Waals surface area contributed by atoms with Gasteiger partial charge in [0.05, 0.1) is 17.5 Å². The molecule has 0 unspecified atom stereocenters. The van der Waals surface area contributed by atoms with E-state index in [1.54, 1.807) is 6.20 Å². The van der Waals surface area contributed by atoms with Gasteiger partial charge < -0.3 is 9.72 Å². The topological polar surface area (TPSA) is 42.1 Å². The van der Waals surface area contributed by atoms with Crippen LogP contribution in [0.1, 0.15) is 24.5 Å². The second-order valence-electron chi connectivity index (χ2n) is 5.83. The first-order valence-electron chi connectivity index (χ1n) is 7.97. The van der Waals surface area contributed by atoms with Gasteiger partial charge >= 0.3 is 0 Å². The fourth-order valence-electron chi connectivity index (χ4n) is 2.88. The molecular formula is C20H21NO2. The van der Waals surface area contributed by atoms with Gasteiger partial charge in [-0.3, -0.25) is 4.79 Å². The number of pyridine rings is 1. The van der Waals surface area contributed by atoms with Crippen molar-refractivity contribution in [2.45, 2.75) is 27.2 Å². The minimum atomic E-state index is 0.0486. The van der Waals surface area contributed by atoms with Gasteiger partial charge in [0.15, 0.2) is 5.43 Å². The second kappa shape index (κ2) is 6.29. The first-order chi connectivity index (χ1) is 11.1. The third kappa shape index (κ3) is 2.74. The van der Waals surface area contributed by atoms with Crippen LogP contribution in [-0.2, 0) is 0 Å². The Morgan fingerprint density at radius 1 is 1.00 bits per heavy atom. The first kappa shape index (κ1) is 15.3. The van der Waals surface area contributed by atoms with Gasteiger partial charge in [-0.15, -0.1) is 0 Å². The van der Waals surface area contributed by atoms with Crippen molar-refractivity contribution in [2.75, 3.05) is 6.61 Å². The number of aromatic nitrogens is 1. The van der Waals surface area contributed by atoms with E-state index in [-0.39, 0.29) is 5.43 Å². The van der Waals surface area contributed by atoms with Crippen LogP contribution >= 0.6 is 0 Å². The molecule has 0 fully saturated rings. The minimum absolute atomic E-state index is 0.0486. The average molecular weight is 307 g/mol. The van der Waals surface area contributed by atoms with Gasteiger partial charge in [0.2, 0.25) is 0 Å². The molecule has 0 saturated carbocycles. The maximum absolute atomic E-state index is 13.1. The lowest BCUT2D eigenvalue weighted by Gasteiger charge is -2.12. The Morgan fingerprint density at radius 2 is 1.78 bits per heavy atom. The molecule has 3 aromatic rings. The van der Waals surface area contributed by atoms with E-state index in [0.717, 1.165) is 34.4 Å².